The number of carboxylic acid groups (broad SMARTS) is 2. The molecule has 1 aliphatic heterocycles. The van der Waals surface area contributed by atoms with Crippen LogP contribution >= 0.6 is 0 Å². The van der Waals surface area contributed by atoms with E-state index in [4.69, 9.17) is 14.9 Å². The van der Waals surface area contributed by atoms with Crippen molar-refractivity contribution in [1.29, 1.82) is 0 Å². The zero-order valence-electron chi connectivity index (χ0n) is 11.4. The Labute approximate surface area is 116 Å². The van der Waals surface area contributed by atoms with Crippen molar-refractivity contribution in [3.8, 4) is 0 Å². The van der Waals surface area contributed by atoms with E-state index < -0.39 is 24.0 Å². The van der Waals surface area contributed by atoms with Crippen molar-refractivity contribution >= 4 is 18.0 Å². The highest BCUT2D eigenvalue weighted by atomic mass is 16.5. The number of amides is 2. The second kappa shape index (κ2) is 7.68. The molecular formula is C12H20N2O6. The van der Waals surface area contributed by atoms with Crippen molar-refractivity contribution in [3.63, 3.8) is 0 Å². The van der Waals surface area contributed by atoms with E-state index in [1.807, 2.05) is 6.92 Å². The summed E-state index contributed by atoms with van der Waals surface area (Å²) in [6.07, 6.45) is 0.128. The van der Waals surface area contributed by atoms with E-state index in [9.17, 15) is 14.4 Å². The predicted octanol–water partition coefficient (Wildman–Crippen LogP) is 0.125. The fourth-order valence-electron chi connectivity index (χ4n) is 1.94. The van der Waals surface area contributed by atoms with Gasteiger partial charge in [-0.25, -0.2) is 9.59 Å². The minimum Gasteiger partial charge on any atom is -0.481 e. The van der Waals surface area contributed by atoms with Gasteiger partial charge in [0, 0.05) is 26.1 Å². The van der Waals surface area contributed by atoms with Gasteiger partial charge in [-0.1, -0.05) is 0 Å². The summed E-state index contributed by atoms with van der Waals surface area (Å²) >= 11 is 0. The van der Waals surface area contributed by atoms with Gasteiger partial charge in [0.25, 0.3) is 0 Å². The Kier molecular flexibility index (Phi) is 6.23. The SMILES string of the molecule is CC1CN(C(=O)N[C@@H](CCC(=O)O)C(=O)O)CCCO1. The smallest absolute Gasteiger partial charge is 0.326 e. The number of ether oxygens (including phenoxy) is 1. The minimum atomic E-state index is -1.24. The predicted molar refractivity (Wildman–Crippen MR) is 68.4 cm³/mol. The van der Waals surface area contributed by atoms with Crippen LogP contribution in [0.15, 0.2) is 0 Å². The van der Waals surface area contributed by atoms with E-state index in [-0.39, 0.29) is 18.9 Å². The summed E-state index contributed by atoms with van der Waals surface area (Å²) in [4.78, 5) is 35.0. The lowest BCUT2D eigenvalue weighted by Gasteiger charge is -2.24. The monoisotopic (exact) mass is 288 g/mol. The van der Waals surface area contributed by atoms with Gasteiger partial charge in [0.15, 0.2) is 0 Å². The van der Waals surface area contributed by atoms with Crippen molar-refractivity contribution < 1.29 is 29.3 Å². The van der Waals surface area contributed by atoms with Crippen molar-refractivity contribution in [2.45, 2.75) is 38.3 Å². The van der Waals surface area contributed by atoms with Crippen LogP contribution in [0.5, 0.6) is 0 Å². The lowest BCUT2D eigenvalue weighted by Crippen LogP contribution is -2.49. The van der Waals surface area contributed by atoms with Crippen LogP contribution in [-0.4, -0.2) is 64.9 Å². The molecule has 0 aromatic heterocycles. The number of urea groups is 1. The highest BCUT2D eigenvalue weighted by molar-refractivity contribution is 5.83. The highest BCUT2D eigenvalue weighted by Crippen LogP contribution is 2.07. The van der Waals surface area contributed by atoms with Crippen LogP contribution in [0.3, 0.4) is 0 Å². The third-order valence-corrected chi connectivity index (χ3v) is 2.98. The van der Waals surface area contributed by atoms with Crippen LogP contribution in [-0.2, 0) is 14.3 Å². The van der Waals surface area contributed by atoms with E-state index in [0.717, 1.165) is 0 Å². The second-order valence-corrected chi connectivity index (χ2v) is 4.75. The molecule has 1 heterocycles. The maximum atomic E-state index is 12.0. The molecule has 0 spiro atoms. The van der Waals surface area contributed by atoms with Gasteiger partial charge in [-0.15, -0.1) is 0 Å². The maximum Gasteiger partial charge on any atom is 0.326 e. The zero-order valence-corrected chi connectivity index (χ0v) is 11.4. The van der Waals surface area contributed by atoms with Gasteiger partial charge < -0.3 is 25.2 Å². The molecule has 2 amide bonds. The number of carbonyl (C=O) groups excluding carboxylic acids is 1. The Morgan fingerprint density at radius 2 is 2.10 bits per heavy atom. The fourth-order valence-corrected chi connectivity index (χ4v) is 1.94. The summed E-state index contributed by atoms with van der Waals surface area (Å²) in [6.45, 7) is 3.27. The van der Waals surface area contributed by atoms with Crippen LogP contribution < -0.4 is 5.32 Å². The first-order valence-electron chi connectivity index (χ1n) is 6.51. The average Bonchev–Trinajstić information content (AvgIpc) is 2.58. The van der Waals surface area contributed by atoms with E-state index in [2.05, 4.69) is 5.32 Å². The number of hydrogen-bond donors (Lipinski definition) is 3. The number of carboxylic acids is 2. The van der Waals surface area contributed by atoms with Crippen molar-refractivity contribution in [2.75, 3.05) is 19.7 Å². The van der Waals surface area contributed by atoms with E-state index in [0.29, 0.717) is 26.1 Å². The fraction of sp³-hybridized carbons (Fsp3) is 0.750. The van der Waals surface area contributed by atoms with Gasteiger partial charge in [0.05, 0.1) is 6.10 Å². The second-order valence-electron chi connectivity index (χ2n) is 4.75. The van der Waals surface area contributed by atoms with Gasteiger partial charge in [0.1, 0.15) is 6.04 Å². The standard InChI is InChI=1S/C12H20N2O6/c1-8-7-14(5-2-6-20-8)12(19)13-9(11(17)18)3-4-10(15)16/h8-9H,2-7H2,1H3,(H,13,19)(H,15,16)(H,17,18)/t8?,9-/m0/s1. The Morgan fingerprint density at radius 3 is 2.70 bits per heavy atom. The molecule has 8 nitrogen and oxygen atoms in total. The number of carbonyl (C=O) groups is 3. The van der Waals surface area contributed by atoms with Crippen LogP contribution in [0.1, 0.15) is 26.2 Å². The summed E-state index contributed by atoms with van der Waals surface area (Å²) in [5.74, 6) is -2.33. The van der Waals surface area contributed by atoms with Gasteiger partial charge in [-0.2, -0.15) is 0 Å². The molecule has 0 saturated carbocycles. The third kappa shape index (κ3) is 5.43. The van der Waals surface area contributed by atoms with Crippen molar-refractivity contribution in [2.24, 2.45) is 0 Å². The van der Waals surface area contributed by atoms with Crippen LogP contribution in [0.25, 0.3) is 0 Å². The van der Waals surface area contributed by atoms with E-state index in [1.54, 1.807) is 0 Å². The molecule has 0 radical (unpaired) electrons. The number of hydrogen-bond acceptors (Lipinski definition) is 4. The number of aliphatic carboxylic acids is 2. The molecule has 1 rings (SSSR count). The van der Waals surface area contributed by atoms with Gasteiger partial charge in [-0.3, -0.25) is 4.79 Å². The number of nitrogens with one attached hydrogen (secondary N) is 1. The topological polar surface area (TPSA) is 116 Å². The molecule has 114 valence electrons. The molecule has 2 atom stereocenters. The Bertz CT molecular complexity index is 373. The first kappa shape index (κ1) is 16.2. The highest BCUT2D eigenvalue weighted by Gasteiger charge is 2.25. The number of rotatable bonds is 5. The summed E-state index contributed by atoms with van der Waals surface area (Å²) in [5.41, 5.74) is 0. The first-order chi connectivity index (χ1) is 9.40. The molecule has 0 aromatic carbocycles. The third-order valence-electron chi connectivity index (χ3n) is 2.98. The largest absolute Gasteiger partial charge is 0.481 e. The summed E-state index contributed by atoms with van der Waals surface area (Å²) in [5, 5.41) is 19.9. The first-order valence-corrected chi connectivity index (χ1v) is 6.51. The number of nitrogens with zero attached hydrogens (tertiary/aromatic N) is 1. The summed E-state index contributed by atoms with van der Waals surface area (Å²) < 4.78 is 5.40. The van der Waals surface area contributed by atoms with Gasteiger partial charge in [-0.05, 0) is 19.8 Å². The Hall–Kier alpha value is -1.83. The lowest BCUT2D eigenvalue weighted by atomic mass is 10.1. The molecular weight excluding hydrogens is 268 g/mol. The quantitative estimate of drug-likeness (QED) is 0.662. The van der Waals surface area contributed by atoms with Gasteiger partial charge >= 0.3 is 18.0 Å². The van der Waals surface area contributed by atoms with Crippen molar-refractivity contribution in [3.05, 3.63) is 0 Å². The molecule has 1 unspecified atom stereocenters. The molecule has 8 heteroatoms. The normalized spacial score (nSPS) is 20.9. The summed E-state index contributed by atoms with van der Waals surface area (Å²) in [6, 6.07) is -1.70. The minimum absolute atomic E-state index is 0.106. The van der Waals surface area contributed by atoms with Gasteiger partial charge in [0.2, 0.25) is 0 Å². The zero-order chi connectivity index (χ0) is 15.1. The molecule has 0 bridgehead atoms. The maximum absolute atomic E-state index is 12.0. The molecule has 1 aliphatic rings. The molecule has 0 aromatic rings. The van der Waals surface area contributed by atoms with Crippen molar-refractivity contribution in [1.82, 2.24) is 10.2 Å². The molecule has 20 heavy (non-hydrogen) atoms. The Balaban J connectivity index is 2.55. The summed E-state index contributed by atoms with van der Waals surface area (Å²) in [7, 11) is 0. The molecule has 3 N–H and O–H groups in total. The lowest BCUT2D eigenvalue weighted by molar-refractivity contribution is -0.140. The van der Waals surface area contributed by atoms with E-state index >= 15 is 0 Å². The van der Waals surface area contributed by atoms with Crippen LogP contribution in [0.2, 0.25) is 0 Å². The van der Waals surface area contributed by atoms with Crippen LogP contribution in [0, 0.1) is 0 Å². The van der Waals surface area contributed by atoms with E-state index in [1.165, 1.54) is 4.90 Å². The molecule has 1 saturated heterocycles. The average molecular weight is 288 g/mol. The Morgan fingerprint density at radius 1 is 1.40 bits per heavy atom. The van der Waals surface area contributed by atoms with Crippen LogP contribution in [0.4, 0.5) is 4.79 Å². The molecule has 1 fully saturated rings. The molecule has 0 aliphatic carbocycles.